The molecule has 168 valence electrons. The average Bonchev–Trinajstić information content (AvgIpc) is 2.68. The third-order valence-corrected chi connectivity index (χ3v) is 6.61. The molecule has 0 aromatic carbocycles. The Kier molecular flexibility index (Phi) is 9.37. The quantitative estimate of drug-likeness (QED) is 0.345. The van der Waals surface area contributed by atoms with Crippen molar-refractivity contribution < 1.29 is 29.7 Å². The summed E-state index contributed by atoms with van der Waals surface area (Å²) in [7, 11) is 0. The van der Waals surface area contributed by atoms with Crippen molar-refractivity contribution in [3.63, 3.8) is 0 Å². The lowest BCUT2D eigenvalue weighted by Crippen LogP contribution is -2.86. The standard InChI is InChI=1S/C22H41N3O4/c1-21(2,17-5-11-23-12-6-17)28-19(26)9-15-25-16-10-20(27)29-22(3,4)18-7-13-24-14-8-18/h17-18,23-25H,5-16H2,1-4H3/p+2. The normalized spacial score (nSPS) is 19.7. The van der Waals surface area contributed by atoms with Crippen molar-refractivity contribution >= 4 is 11.9 Å². The number of nitrogens with two attached hydrogens (primary N) is 2. The van der Waals surface area contributed by atoms with Crippen LogP contribution in [0.3, 0.4) is 0 Å². The molecule has 0 amide bonds. The molecule has 0 aromatic heterocycles. The van der Waals surface area contributed by atoms with E-state index in [0.717, 1.165) is 51.9 Å². The number of piperidine rings is 2. The third-order valence-electron chi connectivity index (χ3n) is 6.61. The van der Waals surface area contributed by atoms with E-state index in [1.807, 2.05) is 27.7 Å². The van der Waals surface area contributed by atoms with Gasteiger partial charge in [0.05, 0.1) is 39.0 Å². The molecule has 0 radical (unpaired) electrons. The van der Waals surface area contributed by atoms with Gasteiger partial charge < -0.3 is 25.4 Å². The Labute approximate surface area is 176 Å². The Morgan fingerprint density at radius 1 is 0.759 bits per heavy atom. The van der Waals surface area contributed by atoms with Crippen LogP contribution < -0.4 is 16.0 Å². The first-order chi connectivity index (χ1) is 13.7. The molecule has 2 rings (SSSR count). The van der Waals surface area contributed by atoms with Crippen LogP contribution in [0.15, 0.2) is 0 Å². The van der Waals surface area contributed by atoms with E-state index in [1.165, 1.54) is 0 Å². The van der Waals surface area contributed by atoms with Crippen LogP contribution in [-0.4, -0.2) is 62.4 Å². The molecule has 2 saturated heterocycles. The van der Waals surface area contributed by atoms with Crippen LogP contribution >= 0.6 is 0 Å². The molecule has 0 spiro atoms. The summed E-state index contributed by atoms with van der Waals surface area (Å²) in [6, 6.07) is 0. The molecule has 5 N–H and O–H groups in total. The minimum Gasteiger partial charge on any atom is -0.459 e. The largest absolute Gasteiger partial charge is 0.459 e. The van der Waals surface area contributed by atoms with Gasteiger partial charge in [-0.3, -0.25) is 9.59 Å². The molecule has 29 heavy (non-hydrogen) atoms. The number of carbonyl (C=O) groups excluding carboxylic acids is 2. The van der Waals surface area contributed by atoms with Crippen molar-refractivity contribution in [3.8, 4) is 0 Å². The zero-order chi connectivity index (χ0) is 21.3. The summed E-state index contributed by atoms with van der Waals surface area (Å²) in [6.45, 7) is 13.6. The maximum absolute atomic E-state index is 12.2. The second kappa shape index (κ2) is 11.3. The molecule has 2 fully saturated rings. The van der Waals surface area contributed by atoms with Gasteiger partial charge in [0.25, 0.3) is 0 Å². The molecule has 0 aromatic rings. The van der Waals surface area contributed by atoms with Gasteiger partial charge in [-0.1, -0.05) is 0 Å². The maximum atomic E-state index is 12.2. The number of quaternary nitrogens is 2. The molecule has 2 aliphatic heterocycles. The Balaban J connectivity index is 1.58. The molecule has 2 heterocycles. The van der Waals surface area contributed by atoms with E-state index in [2.05, 4.69) is 16.0 Å². The van der Waals surface area contributed by atoms with E-state index in [9.17, 15) is 9.59 Å². The average molecular weight is 414 g/mol. The Morgan fingerprint density at radius 3 is 1.45 bits per heavy atom. The highest BCUT2D eigenvalue weighted by molar-refractivity contribution is 5.70. The van der Waals surface area contributed by atoms with E-state index >= 15 is 0 Å². The van der Waals surface area contributed by atoms with E-state index in [4.69, 9.17) is 9.47 Å². The summed E-state index contributed by atoms with van der Waals surface area (Å²) in [6.07, 6.45) is 5.02. The van der Waals surface area contributed by atoms with E-state index in [1.54, 1.807) is 0 Å². The number of carbonyl (C=O) groups is 2. The lowest BCUT2D eigenvalue weighted by atomic mass is 9.83. The molecule has 0 unspecified atom stereocenters. The Bertz CT molecular complexity index is 478. The summed E-state index contributed by atoms with van der Waals surface area (Å²) in [5.41, 5.74) is -0.810. The lowest BCUT2D eigenvalue weighted by molar-refractivity contribution is -0.666. The van der Waals surface area contributed by atoms with Crippen molar-refractivity contribution in [2.75, 3.05) is 39.3 Å². The van der Waals surface area contributed by atoms with Gasteiger partial charge in [-0.2, -0.15) is 0 Å². The topological polar surface area (TPSA) is 97.8 Å². The van der Waals surface area contributed by atoms with Crippen LogP contribution in [0.2, 0.25) is 0 Å². The molecule has 7 nitrogen and oxygen atoms in total. The van der Waals surface area contributed by atoms with Gasteiger partial charge in [0, 0.05) is 50.6 Å². The number of rotatable bonds is 10. The Hall–Kier alpha value is -1.18. The number of hydrogen-bond donors (Lipinski definition) is 3. The summed E-state index contributed by atoms with van der Waals surface area (Å²) in [5.74, 6) is 0.527. The van der Waals surface area contributed by atoms with Gasteiger partial charge >= 0.3 is 11.9 Å². The second-order valence-electron chi connectivity index (χ2n) is 9.69. The first-order valence-electron chi connectivity index (χ1n) is 11.5. The number of nitrogens with one attached hydrogen (secondary N) is 1. The maximum Gasteiger partial charge on any atom is 0.307 e. The smallest absolute Gasteiger partial charge is 0.307 e. The molecule has 7 heteroatoms. The monoisotopic (exact) mass is 413 g/mol. The SMILES string of the molecule is CC(C)(OC(=O)CCNCCC(=O)OC(C)(C)C1CC[NH2+]CC1)C1CC[NH2+]CC1. The first-order valence-corrected chi connectivity index (χ1v) is 11.5. The summed E-state index contributed by atoms with van der Waals surface area (Å²) in [5, 5.41) is 7.80. The van der Waals surface area contributed by atoms with Crippen LogP contribution in [-0.2, 0) is 19.1 Å². The predicted molar refractivity (Wildman–Crippen MR) is 111 cm³/mol. The fraction of sp³-hybridized carbons (Fsp3) is 0.909. The number of esters is 2. The van der Waals surface area contributed by atoms with Crippen molar-refractivity contribution in [2.24, 2.45) is 11.8 Å². The van der Waals surface area contributed by atoms with E-state index < -0.39 is 11.2 Å². The highest BCUT2D eigenvalue weighted by Gasteiger charge is 2.36. The first kappa shape index (κ1) is 24.1. The fourth-order valence-electron chi connectivity index (χ4n) is 4.61. The summed E-state index contributed by atoms with van der Waals surface area (Å²) >= 11 is 0. The van der Waals surface area contributed by atoms with Gasteiger partial charge in [0.15, 0.2) is 0 Å². The molecular weight excluding hydrogens is 370 g/mol. The summed E-state index contributed by atoms with van der Waals surface area (Å²) < 4.78 is 11.5. The highest BCUT2D eigenvalue weighted by atomic mass is 16.6. The van der Waals surface area contributed by atoms with Crippen molar-refractivity contribution in [2.45, 2.75) is 77.4 Å². The molecular formula is C22H43N3O4+2. The van der Waals surface area contributed by atoms with Gasteiger partial charge in [0.1, 0.15) is 11.2 Å². The van der Waals surface area contributed by atoms with Crippen molar-refractivity contribution in [3.05, 3.63) is 0 Å². The summed E-state index contributed by atoms with van der Waals surface area (Å²) in [4.78, 5) is 24.4. The predicted octanol–water partition coefficient (Wildman–Crippen LogP) is -0.0534. The lowest BCUT2D eigenvalue weighted by Gasteiger charge is -2.35. The minimum atomic E-state index is -0.405. The molecule has 0 aliphatic carbocycles. The van der Waals surface area contributed by atoms with Crippen molar-refractivity contribution in [1.29, 1.82) is 0 Å². The van der Waals surface area contributed by atoms with Gasteiger partial charge in [0.2, 0.25) is 0 Å². The molecule has 2 aliphatic rings. The van der Waals surface area contributed by atoms with E-state index in [0.29, 0.717) is 37.8 Å². The third kappa shape index (κ3) is 8.22. The van der Waals surface area contributed by atoms with Gasteiger partial charge in [-0.15, -0.1) is 0 Å². The van der Waals surface area contributed by atoms with Crippen LogP contribution in [0.5, 0.6) is 0 Å². The molecule has 0 bridgehead atoms. The van der Waals surface area contributed by atoms with Crippen LogP contribution in [0.1, 0.15) is 66.2 Å². The zero-order valence-corrected chi connectivity index (χ0v) is 18.9. The second-order valence-corrected chi connectivity index (χ2v) is 9.69. The molecule has 0 saturated carbocycles. The minimum absolute atomic E-state index is 0.171. The number of ether oxygens (including phenoxy) is 2. The molecule has 0 atom stereocenters. The van der Waals surface area contributed by atoms with Gasteiger partial charge in [-0.05, 0) is 27.7 Å². The van der Waals surface area contributed by atoms with Crippen molar-refractivity contribution in [1.82, 2.24) is 5.32 Å². The zero-order valence-electron chi connectivity index (χ0n) is 18.9. The fourth-order valence-corrected chi connectivity index (χ4v) is 4.61. The van der Waals surface area contributed by atoms with E-state index in [-0.39, 0.29) is 11.9 Å². The highest BCUT2D eigenvalue weighted by Crippen LogP contribution is 2.29. The van der Waals surface area contributed by atoms with Crippen LogP contribution in [0.4, 0.5) is 0 Å². The van der Waals surface area contributed by atoms with Crippen LogP contribution in [0, 0.1) is 11.8 Å². The Morgan fingerprint density at radius 2 is 1.10 bits per heavy atom. The van der Waals surface area contributed by atoms with Crippen LogP contribution in [0.25, 0.3) is 0 Å². The van der Waals surface area contributed by atoms with Gasteiger partial charge in [-0.25, -0.2) is 0 Å². The number of hydrogen-bond acceptors (Lipinski definition) is 5.